The highest BCUT2D eigenvalue weighted by Gasteiger charge is 2.48. The molecule has 0 spiro atoms. The topological polar surface area (TPSA) is 99.9 Å². The van der Waals surface area contributed by atoms with Crippen molar-refractivity contribution in [1.82, 2.24) is 14.5 Å². The van der Waals surface area contributed by atoms with Crippen LogP contribution in [0.15, 0.2) is 70.4 Å². The zero-order valence-electron chi connectivity index (χ0n) is 21.5. The molecular formula is C27H32ClN3O5S. The van der Waals surface area contributed by atoms with Crippen molar-refractivity contribution in [2.75, 3.05) is 32.7 Å². The Hall–Kier alpha value is -2.88. The zero-order chi connectivity index (χ0) is 27.0. The van der Waals surface area contributed by atoms with E-state index in [1.54, 1.807) is 54.3 Å². The number of benzene rings is 1. The van der Waals surface area contributed by atoms with Gasteiger partial charge >= 0.3 is 0 Å². The van der Waals surface area contributed by atoms with Crippen LogP contribution in [-0.2, 0) is 10.0 Å². The normalized spacial score (nSPS) is 24.8. The molecule has 1 saturated heterocycles. The van der Waals surface area contributed by atoms with Crippen molar-refractivity contribution >= 4 is 33.4 Å². The number of amides is 2. The summed E-state index contributed by atoms with van der Waals surface area (Å²) in [5.74, 6) is -0.218. The molecule has 0 saturated carbocycles. The average molecular weight is 546 g/mol. The Morgan fingerprint density at radius 2 is 1.65 bits per heavy atom. The second kappa shape index (κ2) is 10.1. The Bertz CT molecular complexity index is 1340. The largest absolute Gasteiger partial charge is 0.459 e. The van der Waals surface area contributed by atoms with Gasteiger partial charge in [-0.3, -0.25) is 9.59 Å². The minimum atomic E-state index is -3.77. The van der Waals surface area contributed by atoms with Gasteiger partial charge < -0.3 is 14.6 Å². The number of carbonyl (C=O) groups is 2. The smallest absolute Gasteiger partial charge is 0.289 e. The van der Waals surface area contributed by atoms with Gasteiger partial charge in [0.15, 0.2) is 5.76 Å². The second-order valence-corrected chi connectivity index (χ2v) is 12.8. The predicted octanol–water partition coefficient (Wildman–Crippen LogP) is 4.12. The van der Waals surface area contributed by atoms with Crippen molar-refractivity contribution in [3.63, 3.8) is 0 Å². The highest BCUT2D eigenvalue weighted by molar-refractivity contribution is 7.90. The number of nitrogens with zero attached hydrogens (tertiary/aromatic N) is 2. The highest BCUT2D eigenvalue weighted by Crippen LogP contribution is 2.43. The van der Waals surface area contributed by atoms with Crippen LogP contribution in [-0.4, -0.2) is 66.9 Å². The zero-order valence-corrected chi connectivity index (χ0v) is 23.0. The van der Waals surface area contributed by atoms with Crippen molar-refractivity contribution in [3.8, 4) is 0 Å². The summed E-state index contributed by atoms with van der Waals surface area (Å²) in [6.45, 7) is 8.71. The van der Waals surface area contributed by atoms with E-state index in [1.807, 2.05) is 26.8 Å². The number of sulfonamides is 1. The summed E-state index contributed by atoms with van der Waals surface area (Å²) in [7, 11) is -3.77. The van der Waals surface area contributed by atoms with Gasteiger partial charge in [-0.25, -0.2) is 8.42 Å². The van der Waals surface area contributed by atoms with Gasteiger partial charge in [-0.05, 0) is 57.2 Å². The van der Waals surface area contributed by atoms with Crippen molar-refractivity contribution in [2.24, 2.45) is 5.41 Å². The lowest BCUT2D eigenvalue weighted by molar-refractivity contribution is 0.0665. The molecule has 4 rings (SSSR count). The Balaban J connectivity index is 1.46. The van der Waals surface area contributed by atoms with Crippen LogP contribution in [0.25, 0.3) is 0 Å². The van der Waals surface area contributed by atoms with E-state index in [2.05, 4.69) is 5.32 Å². The molecule has 1 N–H and O–H groups in total. The van der Waals surface area contributed by atoms with E-state index in [-0.39, 0.29) is 43.8 Å². The van der Waals surface area contributed by atoms with Gasteiger partial charge in [0.1, 0.15) is 4.75 Å². The second-order valence-electron chi connectivity index (χ2n) is 10.0. The summed E-state index contributed by atoms with van der Waals surface area (Å²) in [6, 6.07) is 9.91. The van der Waals surface area contributed by atoms with Gasteiger partial charge in [-0.1, -0.05) is 41.8 Å². The summed E-state index contributed by atoms with van der Waals surface area (Å²) in [6.07, 6.45) is 5.18. The molecule has 8 nitrogen and oxygen atoms in total. The lowest BCUT2D eigenvalue weighted by Gasteiger charge is -2.43. The molecule has 0 bridgehead atoms. The van der Waals surface area contributed by atoms with Crippen molar-refractivity contribution in [2.45, 2.75) is 32.4 Å². The van der Waals surface area contributed by atoms with Gasteiger partial charge in [0.25, 0.3) is 11.8 Å². The number of hydrogen-bond acceptors (Lipinski definition) is 5. The van der Waals surface area contributed by atoms with Crippen LogP contribution < -0.4 is 5.32 Å². The molecule has 1 fully saturated rings. The van der Waals surface area contributed by atoms with Gasteiger partial charge in [-0.2, -0.15) is 4.31 Å². The minimum absolute atomic E-state index is 0.207. The molecule has 1 aliphatic carbocycles. The molecule has 10 heteroatoms. The molecule has 2 amide bonds. The van der Waals surface area contributed by atoms with E-state index < -0.39 is 20.2 Å². The minimum Gasteiger partial charge on any atom is -0.459 e. The highest BCUT2D eigenvalue weighted by atomic mass is 35.5. The fourth-order valence-corrected chi connectivity index (χ4v) is 6.92. The number of halogens is 1. The number of rotatable bonds is 6. The summed E-state index contributed by atoms with van der Waals surface area (Å²) in [5.41, 5.74) is 1.50. The molecule has 2 aliphatic rings. The van der Waals surface area contributed by atoms with Crippen molar-refractivity contribution in [3.05, 3.63) is 82.3 Å². The molecule has 1 aliphatic heterocycles. The van der Waals surface area contributed by atoms with E-state index in [0.717, 1.165) is 5.57 Å². The van der Waals surface area contributed by atoms with E-state index in [0.29, 0.717) is 22.7 Å². The standard InChI is InChI=1S/C27H32ClN3O5S/c1-19-17-27(4,20(2)16-26(19,3)18-29-24(32)21-7-9-22(28)10-8-21)37(34,35)31-13-11-30(12-14-31)25(33)23-6-5-15-36-23/h5-10,15-17H,11-14,18H2,1-4H3,(H,29,32). The lowest BCUT2D eigenvalue weighted by atomic mass is 9.74. The third-order valence-electron chi connectivity index (χ3n) is 7.57. The molecule has 2 heterocycles. The molecule has 1 aromatic carbocycles. The summed E-state index contributed by atoms with van der Waals surface area (Å²) in [5, 5.41) is 3.52. The molecular weight excluding hydrogens is 514 g/mol. The first-order valence-electron chi connectivity index (χ1n) is 12.1. The van der Waals surface area contributed by atoms with Crippen LogP contribution >= 0.6 is 11.6 Å². The first-order chi connectivity index (χ1) is 17.4. The number of nitrogens with one attached hydrogen (secondary N) is 1. The van der Waals surface area contributed by atoms with E-state index in [9.17, 15) is 18.0 Å². The lowest BCUT2D eigenvalue weighted by Crippen LogP contribution is -2.56. The molecule has 0 radical (unpaired) electrons. The van der Waals surface area contributed by atoms with Crippen LogP contribution in [0.5, 0.6) is 0 Å². The number of piperazine rings is 1. The first-order valence-corrected chi connectivity index (χ1v) is 14.0. The third kappa shape index (κ3) is 5.12. The maximum atomic E-state index is 13.9. The fourth-order valence-electron chi connectivity index (χ4n) is 4.82. The van der Waals surface area contributed by atoms with E-state index in [1.165, 1.54) is 10.6 Å². The monoisotopic (exact) mass is 545 g/mol. The van der Waals surface area contributed by atoms with Crippen LogP contribution in [0.2, 0.25) is 5.02 Å². The SMILES string of the molecule is CC1=CC(C)(S(=O)(=O)N2CCN(C(=O)c3ccco3)CC2)C(C)=CC1(C)CNC(=O)c1ccc(Cl)cc1. The summed E-state index contributed by atoms with van der Waals surface area (Å²) >= 11 is 5.91. The average Bonchev–Trinajstić information content (AvgIpc) is 3.41. The van der Waals surface area contributed by atoms with Gasteiger partial charge in [0.2, 0.25) is 10.0 Å². The Kier molecular flexibility index (Phi) is 7.43. The van der Waals surface area contributed by atoms with Crippen molar-refractivity contribution in [1.29, 1.82) is 0 Å². The number of carbonyl (C=O) groups excluding carboxylic acids is 2. The maximum absolute atomic E-state index is 13.9. The third-order valence-corrected chi connectivity index (χ3v) is 10.4. The molecule has 1 aromatic heterocycles. The Morgan fingerprint density at radius 1 is 1.00 bits per heavy atom. The maximum Gasteiger partial charge on any atom is 0.289 e. The Labute approximate surface area is 223 Å². The summed E-state index contributed by atoms with van der Waals surface area (Å²) in [4.78, 5) is 26.8. The van der Waals surface area contributed by atoms with Crippen LogP contribution in [0.3, 0.4) is 0 Å². The molecule has 198 valence electrons. The van der Waals surface area contributed by atoms with Crippen LogP contribution in [0.4, 0.5) is 0 Å². The van der Waals surface area contributed by atoms with E-state index in [4.69, 9.17) is 16.0 Å². The molecule has 2 atom stereocenters. The molecule has 2 aromatic rings. The Morgan fingerprint density at radius 3 is 2.24 bits per heavy atom. The fraction of sp³-hybridized carbons (Fsp3) is 0.407. The quantitative estimate of drug-likeness (QED) is 0.550. The van der Waals surface area contributed by atoms with Crippen molar-refractivity contribution < 1.29 is 22.4 Å². The molecule has 2 unspecified atom stereocenters. The van der Waals surface area contributed by atoms with Gasteiger partial charge in [-0.15, -0.1) is 0 Å². The number of furan rings is 1. The number of hydrogen-bond donors (Lipinski definition) is 1. The predicted molar refractivity (Wildman–Crippen MR) is 143 cm³/mol. The molecule has 37 heavy (non-hydrogen) atoms. The van der Waals surface area contributed by atoms with Gasteiger partial charge in [0, 0.05) is 48.7 Å². The van der Waals surface area contributed by atoms with E-state index >= 15 is 0 Å². The van der Waals surface area contributed by atoms with Gasteiger partial charge in [0.05, 0.1) is 6.26 Å². The first kappa shape index (κ1) is 27.2. The summed E-state index contributed by atoms with van der Waals surface area (Å²) < 4.78 is 33.1. The van der Waals surface area contributed by atoms with Crippen LogP contribution in [0.1, 0.15) is 48.6 Å². The van der Waals surface area contributed by atoms with Crippen LogP contribution in [0, 0.1) is 5.41 Å².